The van der Waals surface area contributed by atoms with Crippen molar-refractivity contribution in [1.82, 2.24) is 0 Å². The van der Waals surface area contributed by atoms with Gasteiger partial charge in [0.1, 0.15) is 0 Å². The lowest BCUT2D eigenvalue weighted by atomic mass is 9.75. The topological polar surface area (TPSA) is 27.7 Å². The van der Waals surface area contributed by atoms with Crippen LogP contribution in [0.2, 0.25) is 26.2 Å². The summed E-state index contributed by atoms with van der Waals surface area (Å²) in [7, 11) is -3.78. The van der Waals surface area contributed by atoms with Crippen LogP contribution in [-0.4, -0.2) is 41.3 Å². The van der Waals surface area contributed by atoms with Gasteiger partial charge in [0, 0.05) is 0 Å². The molecule has 0 aromatic rings. The van der Waals surface area contributed by atoms with E-state index in [0.717, 1.165) is 24.3 Å². The van der Waals surface area contributed by atoms with Crippen molar-refractivity contribution in [2.24, 2.45) is 35.5 Å². The van der Waals surface area contributed by atoms with Crippen molar-refractivity contribution in [3.05, 3.63) is 0 Å². The van der Waals surface area contributed by atoms with Crippen LogP contribution in [0.4, 0.5) is 0 Å². The van der Waals surface area contributed by atoms with Gasteiger partial charge in [-0.15, -0.1) is 0 Å². The highest BCUT2D eigenvalue weighted by molar-refractivity contribution is 6.84. The quantitative estimate of drug-likeness (QED) is 0.310. The Bertz CT molecular complexity index is 495. The summed E-state index contributed by atoms with van der Waals surface area (Å²) in [6.07, 6.45) is 10.1. The van der Waals surface area contributed by atoms with E-state index in [1.54, 1.807) is 0 Å². The van der Waals surface area contributed by atoms with E-state index >= 15 is 0 Å². The highest BCUT2D eigenvalue weighted by atomic mass is 28.4. The van der Waals surface area contributed by atoms with E-state index in [9.17, 15) is 0 Å². The molecule has 5 heteroatoms. The Kier molecular flexibility index (Phi) is 10.3. The average molecular weight is 471 g/mol. The van der Waals surface area contributed by atoms with Gasteiger partial charge in [-0.25, -0.2) is 0 Å². The molecule has 31 heavy (non-hydrogen) atoms. The second-order valence-corrected chi connectivity index (χ2v) is 21.5. The van der Waals surface area contributed by atoms with Crippen LogP contribution in [0.15, 0.2) is 0 Å². The van der Waals surface area contributed by atoms with Gasteiger partial charge in [0.15, 0.2) is 8.32 Å². The maximum Gasteiger partial charge on any atom is 0.228 e. The molecule has 6 atom stereocenters. The van der Waals surface area contributed by atoms with Crippen molar-refractivity contribution in [2.75, 3.05) is 12.5 Å². The lowest BCUT2D eigenvalue weighted by Crippen LogP contribution is -2.55. The van der Waals surface area contributed by atoms with E-state index < -0.39 is 16.6 Å². The molecule has 3 nitrogen and oxygen atoms in total. The second kappa shape index (κ2) is 11.6. The summed E-state index contributed by atoms with van der Waals surface area (Å²) in [6, 6.07) is 0. The molecule has 2 aliphatic rings. The minimum Gasteiger partial charge on any atom is -0.453 e. The summed E-state index contributed by atoms with van der Waals surface area (Å²) in [6.45, 7) is 23.6. The van der Waals surface area contributed by atoms with Gasteiger partial charge >= 0.3 is 0 Å². The number of rotatable bonds is 10. The first-order valence-corrected chi connectivity index (χ1v) is 19.5. The van der Waals surface area contributed by atoms with Crippen LogP contribution in [0.1, 0.15) is 80.1 Å². The Morgan fingerprint density at radius 2 is 1.06 bits per heavy atom. The normalized spacial score (nSPS) is 34.8. The molecule has 0 amide bonds. The van der Waals surface area contributed by atoms with Gasteiger partial charge in [-0.05, 0) is 87.4 Å². The van der Waals surface area contributed by atoms with E-state index in [1.165, 1.54) is 38.5 Å². The van der Waals surface area contributed by atoms with E-state index in [0.29, 0.717) is 35.9 Å². The molecular formula is C26H54O3Si2. The first-order valence-electron chi connectivity index (χ1n) is 13.2. The van der Waals surface area contributed by atoms with Gasteiger partial charge in [-0.1, -0.05) is 54.4 Å². The Labute approximate surface area is 196 Å². The third-order valence-corrected chi connectivity index (χ3v) is 13.7. The molecule has 0 bridgehead atoms. The largest absolute Gasteiger partial charge is 0.453 e. The minimum atomic E-state index is -2.11. The van der Waals surface area contributed by atoms with Gasteiger partial charge in [0.2, 0.25) is 8.32 Å². The Morgan fingerprint density at radius 1 is 0.677 bits per heavy atom. The van der Waals surface area contributed by atoms with Crippen LogP contribution >= 0.6 is 0 Å². The SMILES string of the molecule is CC1CCC(C(C)C)C(OC[Si](C)(COC2CC(C)CCC2C(C)C)O[Si](C)(C)C)C1. The monoisotopic (exact) mass is 470 g/mol. The zero-order valence-corrected chi connectivity index (χ0v) is 24.5. The summed E-state index contributed by atoms with van der Waals surface area (Å²) >= 11 is 0. The molecule has 2 aliphatic carbocycles. The van der Waals surface area contributed by atoms with Gasteiger partial charge < -0.3 is 13.6 Å². The average Bonchev–Trinajstić information content (AvgIpc) is 2.63. The summed E-state index contributed by atoms with van der Waals surface area (Å²) in [5.74, 6) is 4.30. The Hall–Kier alpha value is 0.314. The first-order chi connectivity index (χ1) is 14.3. The van der Waals surface area contributed by atoms with Crippen molar-refractivity contribution in [2.45, 2.75) is 118 Å². The van der Waals surface area contributed by atoms with Crippen molar-refractivity contribution >= 4 is 16.6 Å². The van der Waals surface area contributed by atoms with Crippen molar-refractivity contribution < 1.29 is 13.6 Å². The summed E-state index contributed by atoms with van der Waals surface area (Å²) < 4.78 is 20.4. The molecule has 0 aromatic heterocycles. The number of hydrogen-bond donors (Lipinski definition) is 0. The minimum absolute atomic E-state index is 0.388. The van der Waals surface area contributed by atoms with Gasteiger partial charge in [-0.2, -0.15) is 0 Å². The van der Waals surface area contributed by atoms with Crippen LogP contribution in [0, 0.1) is 35.5 Å². The summed E-state index contributed by atoms with van der Waals surface area (Å²) in [5.41, 5.74) is 0. The highest BCUT2D eigenvalue weighted by Gasteiger charge is 2.41. The predicted molar refractivity (Wildman–Crippen MR) is 138 cm³/mol. The standard InChI is InChI=1S/C26H54O3Si2/c1-19(2)23-13-11-21(5)15-25(23)27-17-31(10,29-30(7,8)9)18-28-26-16-22(6)12-14-24(26)20(3)4/h19-26H,11-18H2,1-10H3. The molecule has 2 fully saturated rings. The molecule has 0 saturated heterocycles. The third kappa shape index (κ3) is 8.88. The van der Waals surface area contributed by atoms with E-state index in [2.05, 4.69) is 67.7 Å². The summed E-state index contributed by atoms with van der Waals surface area (Å²) in [5, 5.41) is 0. The van der Waals surface area contributed by atoms with E-state index in [-0.39, 0.29) is 0 Å². The lowest BCUT2D eigenvalue weighted by molar-refractivity contribution is -0.0376. The fraction of sp³-hybridized carbons (Fsp3) is 1.00. The third-order valence-electron chi connectivity index (χ3n) is 7.68. The lowest BCUT2D eigenvalue weighted by Gasteiger charge is -2.42. The maximum atomic E-state index is 6.88. The predicted octanol–water partition coefficient (Wildman–Crippen LogP) is 7.45. The first kappa shape index (κ1) is 27.6. The van der Waals surface area contributed by atoms with Crippen LogP contribution in [0.5, 0.6) is 0 Å². The number of hydrogen-bond acceptors (Lipinski definition) is 3. The smallest absolute Gasteiger partial charge is 0.228 e. The van der Waals surface area contributed by atoms with Crippen LogP contribution in [0.25, 0.3) is 0 Å². The molecule has 0 radical (unpaired) electrons. The molecule has 184 valence electrons. The molecule has 2 rings (SSSR count). The fourth-order valence-corrected chi connectivity index (χ4v) is 13.6. The molecule has 6 unspecified atom stereocenters. The van der Waals surface area contributed by atoms with Gasteiger partial charge in [0.05, 0.1) is 24.7 Å². The van der Waals surface area contributed by atoms with Crippen molar-refractivity contribution in [1.29, 1.82) is 0 Å². The summed E-state index contributed by atoms with van der Waals surface area (Å²) in [4.78, 5) is 0. The molecular weight excluding hydrogens is 416 g/mol. The van der Waals surface area contributed by atoms with Crippen molar-refractivity contribution in [3.63, 3.8) is 0 Å². The molecule has 0 N–H and O–H groups in total. The van der Waals surface area contributed by atoms with Gasteiger partial charge in [-0.3, -0.25) is 0 Å². The van der Waals surface area contributed by atoms with E-state index in [1.807, 2.05) is 0 Å². The second-order valence-electron chi connectivity index (χ2n) is 13.0. The molecule has 0 heterocycles. The van der Waals surface area contributed by atoms with Crippen LogP contribution in [0.3, 0.4) is 0 Å². The molecule has 2 saturated carbocycles. The zero-order chi connectivity index (χ0) is 23.4. The molecule has 0 aromatic carbocycles. The Balaban J connectivity index is 2.06. The zero-order valence-electron chi connectivity index (χ0n) is 22.5. The van der Waals surface area contributed by atoms with E-state index in [4.69, 9.17) is 13.6 Å². The van der Waals surface area contributed by atoms with Crippen LogP contribution in [-0.2, 0) is 13.6 Å². The Morgan fingerprint density at radius 3 is 1.39 bits per heavy atom. The maximum absolute atomic E-state index is 6.88. The number of ether oxygens (including phenoxy) is 2. The van der Waals surface area contributed by atoms with Crippen molar-refractivity contribution in [3.8, 4) is 0 Å². The fourth-order valence-electron chi connectivity index (χ4n) is 6.02. The van der Waals surface area contributed by atoms with Gasteiger partial charge in [0.25, 0.3) is 0 Å². The highest BCUT2D eigenvalue weighted by Crippen LogP contribution is 2.37. The molecule has 0 spiro atoms. The van der Waals surface area contributed by atoms with Crippen LogP contribution < -0.4 is 0 Å². The molecule has 0 aliphatic heterocycles.